The van der Waals surface area contributed by atoms with Gasteiger partial charge in [0.15, 0.2) is 5.96 Å². The van der Waals surface area contributed by atoms with Gasteiger partial charge in [0.05, 0.1) is 12.6 Å². The number of amides is 1. The predicted octanol–water partition coefficient (Wildman–Crippen LogP) is 1.21. The third-order valence-corrected chi connectivity index (χ3v) is 4.01. The van der Waals surface area contributed by atoms with Crippen LogP contribution in [0.1, 0.15) is 34.1 Å². The van der Waals surface area contributed by atoms with Gasteiger partial charge in [-0.25, -0.2) is 4.79 Å². The van der Waals surface area contributed by atoms with Gasteiger partial charge < -0.3 is 29.9 Å². The summed E-state index contributed by atoms with van der Waals surface area (Å²) in [5.74, 6) is 0.517. The lowest BCUT2D eigenvalue weighted by atomic mass is 10.2. The Balaban J connectivity index is 2.47. The molecule has 1 aliphatic rings. The number of rotatable bonds is 7. The van der Waals surface area contributed by atoms with Gasteiger partial charge in [0.2, 0.25) is 0 Å². The number of nitrogens with two attached hydrogens (primary N) is 1. The summed E-state index contributed by atoms with van der Waals surface area (Å²) in [4.78, 5) is 22.5. The zero-order valence-electron chi connectivity index (χ0n) is 17.3. The minimum atomic E-state index is -0.477. The van der Waals surface area contributed by atoms with Crippen LogP contribution in [0.5, 0.6) is 0 Å². The van der Waals surface area contributed by atoms with Crippen LogP contribution in [0.4, 0.5) is 4.79 Å². The lowest BCUT2D eigenvalue weighted by Gasteiger charge is -2.36. The van der Waals surface area contributed by atoms with Crippen LogP contribution in [-0.2, 0) is 9.47 Å². The first kappa shape index (κ1) is 22.5. The molecule has 0 saturated carbocycles. The molecule has 1 heterocycles. The fourth-order valence-corrected chi connectivity index (χ4v) is 2.61. The molecule has 2 N–H and O–H groups in total. The maximum absolute atomic E-state index is 12.1. The van der Waals surface area contributed by atoms with Crippen molar-refractivity contribution in [1.82, 2.24) is 14.7 Å². The predicted molar refractivity (Wildman–Crippen MR) is 104 cm³/mol. The van der Waals surface area contributed by atoms with E-state index in [0.29, 0.717) is 45.3 Å². The van der Waals surface area contributed by atoms with Crippen molar-refractivity contribution in [1.29, 1.82) is 0 Å². The molecule has 0 aliphatic carbocycles. The molecule has 0 bridgehead atoms. The van der Waals surface area contributed by atoms with Crippen molar-refractivity contribution >= 4 is 12.1 Å². The molecule has 1 amide bonds. The summed E-state index contributed by atoms with van der Waals surface area (Å²) in [6.07, 6.45) is 0.723. The highest BCUT2D eigenvalue weighted by Gasteiger charge is 2.26. The number of carbonyl (C=O) groups excluding carboxylic acids is 1. The molecule has 0 radical (unpaired) electrons. The SMILES string of the molecule is CCOC(CCN(C)C)CN=C(N)N1CCN(C(=O)OC(C)(C)C)CC1. The van der Waals surface area contributed by atoms with Crippen LogP contribution < -0.4 is 5.73 Å². The fraction of sp³-hybridized carbons (Fsp3) is 0.889. The summed E-state index contributed by atoms with van der Waals surface area (Å²) in [5, 5.41) is 0. The first-order chi connectivity index (χ1) is 12.1. The molecule has 8 nitrogen and oxygen atoms in total. The Morgan fingerprint density at radius 3 is 2.27 bits per heavy atom. The maximum Gasteiger partial charge on any atom is 0.410 e. The van der Waals surface area contributed by atoms with Gasteiger partial charge in [-0.3, -0.25) is 4.99 Å². The highest BCUT2D eigenvalue weighted by Crippen LogP contribution is 2.12. The quantitative estimate of drug-likeness (QED) is 0.535. The summed E-state index contributed by atoms with van der Waals surface area (Å²) in [6.45, 7) is 12.3. The van der Waals surface area contributed by atoms with Crippen LogP contribution in [0.25, 0.3) is 0 Å². The molecule has 1 atom stereocenters. The van der Waals surface area contributed by atoms with Gasteiger partial charge in [0.25, 0.3) is 0 Å². The minimum absolute atomic E-state index is 0.0732. The Hall–Kier alpha value is -1.54. The van der Waals surface area contributed by atoms with Gasteiger partial charge >= 0.3 is 6.09 Å². The molecule has 26 heavy (non-hydrogen) atoms. The molecule has 1 unspecified atom stereocenters. The first-order valence-corrected chi connectivity index (χ1v) is 9.41. The zero-order valence-corrected chi connectivity index (χ0v) is 17.3. The highest BCUT2D eigenvalue weighted by molar-refractivity contribution is 5.78. The van der Waals surface area contributed by atoms with E-state index in [1.807, 2.05) is 46.7 Å². The van der Waals surface area contributed by atoms with Crippen molar-refractivity contribution in [2.45, 2.75) is 45.8 Å². The van der Waals surface area contributed by atoms with Crippen molar-refractivity contribution in [3.8, 4) is 0 Å². The number of hydrogen-bond acceptors (Lipinski definition) is 5. The Bertz CT molecular complexity index is 454. The van der Waals surface area contributed by atoms with Crippen LogP contribution in [0, 0.1) is 0 Å². The van der Waals surface area contributed by atoms with E-state index >= 15 is 0 Å². The van der Waals surface area contributed by atoms with E-state index in [1.54, 1.807) is 4.90 Å². The molecule has 8 heteroatoms. The second-order valence-corrected chi connectivity index (χ2v) is 7.82. The lowest BCUT2D eigenvalue weighted by Crippen LogP contribution is -2.53. The summed E-state index contributed by atoms with van der Waals surface area (Å²) < 4.78 is 11.2. The monoisotopic (exact) mass is 371 g/mol. The Morgan fingerprint density at radius 1 is 1.19 bits per heavy atom. The summed E-state index contributed by atoms with van der Waals surface area (Å²) in [5.41, 5.74) is 5.67. The average Bonchev–Trinajstić information content (AvgIpc) is 2.55. The Morgan fingerprint density at radius 2 is 1.77 bits per heavy atom. The number of carbonyl (C=O) groups is 1. The number of ether oxygens (including phenoxy) is 2. The molecule has 1 aliphatic heterocycles. The van der Waals surface area contributed by atoms with Crippen LogP contribution in [0.2, 0.25) is 0 Å². The fourth-order valence-electron chi connectivity index (χ4n) is 2.61. The van der Waals surface area contributed by atoms with Gasteiger partial charge in [-0.1, -0.05) is 0 Å². The third-order valence-electron chi connectivity index (χ3n) is 4.01. The average molecular weight is 372 g/mol. The molecular weight excluding hydrogens is 334 g/mol. The van der Waals surface area contributed by atoms with E-state index in [1.165, 1.54) is 0 Å². The van der Waals surface area contributed by atoms with E-state index in [-0.39, 0.29) is 12.2 Å². The van der Waals surface area contributed by atoms with E-state index in [0.717, 1.165) is 13.0 Å². The largest absolute Gasteiger partial charge is 0.444 e. The second-order valence-electron chi connectivity index (χ2n) is 7.82. The third kappa shape index (κ3) is 8.71. The van der Waals surface area contributed by atoms with E-state index < -0.39 is 5.60 Å². The molecule has 0 aromatic carbocycles. The van der Waals surface area contributed by atoms with Crippen LogP contribution in [0.3, 0.4) is 0 Å². The molecule has 0 aromatic heterocycles. The van der Waals surface area contributed by atoms with E-state index in [4.69, 9.17) is 15.2 Å². The number of piperazine rings is 1. The maximum atomic E-state index is 12.1. The topological polar surface area (TPSA) is 83.6 Å². The number of guanidine groups is 1. The van der Waals surface area contributed by atoms with Gasteiger partial charge in [-0.2, -0.15) is 0 Å². The zero-order chi connectivity index (χ0) is 19.7. The van der Waals surface area contributed by atoms with E-state index in [2.05, 4.69) is 9.89 Å². The molecule has 1 rings (SSSR count). The van der Waals surface area contributed by atoms with Crippen molar-refractivity contribution < 1.29 is 14.3 Å². The van der Waals surface area contributed by atoms with Crippen LogP contribution >= 0.6 is 0 Å². The van der Waals surface area contributed by atoms with E-state index in [9.17, 15) is 4.79 Å². The summed E-state index contributed by atoms with van der Waals surface area (Å²) in [6, 6.07) is 0. The second kappa shape index (κ2) is 10.6. The lowest BCUT2D eigenvalue weighted by molar-refractivity contribution is 0.0186. The van der Waals surface area contributed by atoms with Gasteiger partial charge in [-0.05, 0) is 48.2 Å². The summed E-state index contributed by atoms with van der Waals surface area (Å²) >= 11 is 0. The normalized spacial score (nSPS) is 17.6. The summed E-state index contributed by atoms with van der Waals surface area (Å²) in [7, 11) is 4.09. The van der Waals surface area contributed by atoms with Crippen molar-refractivity contribution in [3.05, 3.63) is 0 Å². The molecule has 1 saturated heterocycles. The van der Waals surface area contributed by atoms with Crippen molar-refractivity contribution in [2.75, 3.05) is 60.0 Å². The van der Waals surface area contributed by atoms with Gasteiger partial charge in [-0.15, -0.1) is 0 Å². The molecule has 0 aromatic rings. The molecule has 1 fully saturated rings. The van der Waals surface area contributed by atoms with Crippen LogP contribution in [0.15, 0.2) is 4.99 Å². The van der Waals surface area contributed by atoms with Crippen molar-refractivity contribution in [2.24, 2.45) is 10.7 Å². The first-order valence-electron chi connectivity index (χ1n) is 9.41. The molecular formula is C18H37N5O3. The van der Waals surface area contributed by atoms with Crippen LogP contribution in [-0.4, -0.2) is 98.4 Å². The number of aliphatic imine (C=N–C) groups is 1. The minimum Gasteiger partial charge on any atom is -0.444 e. The standard InChI is InChI=1S/C18H37N5O3/c1-7-25-15(8-9-21(5)6)14-20-16(19)22-10-12-23(13-11-22)17(24)26-18(2,3)4/h15H,7-14H2,1-6H3,(H2,19,20). The Labute approximate surface area is 158 Å². The smallest absolute Gasteiger partial charge is 0.410 e. The number of nitrogens with zero attached hydrogens (tertiary/aromatic N) is 4. The van der Waals surface area contributed by atoms with Gasteiger partial charge in [0.1, 0.15) is 5.60 Å². The highest BCUT2D eigenvalue weighted by atomic mass is 16.6. The molecule has 152 valence electrons. The molecule has 0 spiro atoms. The number of hydrogen-bond donors (Lipinski definition) is 1. The van der Waals surface area contributed by atoms with Gasteiger partial charge in [0, 0.05) is 39.3 Å². The van der Waals surface area contributed by atoms with Crippen molar-refractivity contribution in [3.63, 3.8) is 0 Å². The Kier molecular flexibility index (Phi) is 9.15.